The van der Waals surface area contributed by atoms with E-state index in [0.29, 0.717) is 11.4 Å². The number of aromatic nitrogens is 1. The smallest absolute Gasteiger partial charge is 0.263 e. The molecule has 1 aromatic carbocycles. The van der Waals surface area contributed by atoms with Crippen molar-refractivity contribution in [3.63, 3.8) is 0 Å². The van der Waals surface area contributed by atoms with Crippen molar-refractivity contribution in [3.8, 4) is 10.6 Å². The van der Waals surface area contributed by atoms with E-state index in [1.807, 2.05) is 51.1 Å². The Morgan fingerprint density at radius 3 is 2.60 bits per heavy atom. The van der Waals surface area contributed by atoms with E-state index in [2.05, 4.69) is 10.3 Å². The number of carbonyl (C=O) groups is 1. The highest BCUT2D eigenvalue weighted by Crippen LogP contribution is 2.27. The highest BCUT2D eigenvalue weighted by Gasteiger charge is 2.22. The second-order valence-electron chi connectivity index (χ2n) is 5.34. The zero-order valence-corrected chi connectivity index (χ0v) is 12.8. The summed E-state index contributed by atoms with van der Waals surface area (Å²) in [5.74, 6) is -0.113. The second kappa shape index (κ2) is 5.73. The van der Waals surface area contributed by atoms with E-state index in [1.54, 1.807) is 0 Å². The lowest BCUT2D eigenvalue weighted by Crippen LogP contribution is -2.48. The van der Waals surface area contributed by atoms with Crippen LogP contribution in [0.1, 0.15) is 29.2 Å². The summed E-state index contributed by atoms with van der Waals surface area (Å²) in [6.45, 7) is 6.05. The van der Waals surface area contributed by atoms with E-state index in [4.69, 9.17) is 5.73 Å². The van der Waals surface area contributed by atoms with Crippen LogP contribution in [0.15, 0.2) is 30.3 Å². The standard InChI is InChI=1S/C15H19N3OS/c1-10-12(13(19)18-15(2,3)9-16)20-14(17-10)11-7-5-4-6-8-11/h4-8H,9,16H2,1-3H3,(H,18,19). The lowest BCUT2D eigenvalue weighted by molar-refractivity contribution is 0.0919. The van der Waals surface area contributed by atoms with Crippen molar-refractivity contribution in [2.24, 2.45) is 5.73 Å². The van der Waals surface area contributed by atoms with Crippen LogP contribution in [0.5, 0.6) is 0 Å². The number of nitrogens with two attached hydrogens (primary N) is 1. The van der Waals surface area contributed by atoms with Gasteiger partial charge in [-0.3, -0.25) is 4.79 Å². The molecule has 0 fully saturated rings. The summed E-state index contributed by atoms with van der Waals surface area (Å²) in [7, 11) is 0. The average molecular weight is 289 g/mol. The van der Waals surface area contributed by atoms with E-state index in [1.165, 1.54) is 11.3 Å². The molecule has 0 bridgehead atoms. The van der Waals surface area contributed by atoms with Crippen molar-refractivity contribution in [1.29, 1.82) is 0 Å². The van der Waals surface area contributed by atoms with Gasteiger partial charge in [0.2, 0.25) is 0 Å². The number of nitrogens with one attached hydrogen (secondary N) is 1. The van der Waals surface area contributed by atoms with Gasteiger partial charge in [0.15, 0.2) is 0 Å². The number of hydrogen-bond acceptors (Lipinski definition) is 4. The van der Waals surface area contributed by atoms with Gasteiger partial charge in [-0.15, -0.1) is 11.3 Å². The highest BCUT2D eigenvalue weighted by molar-refractivity contribution is 7.17. The van der Waals surface area contributed by atoms with Gasteiger partial charge in [0, 0.05) is 17.6 Å². The fourth-order valence-corrected chi connectivity index (χ4v) is 2.69. The Balaban J connectivity index is 2.26. The topological polar surface area (TPSA) is 68.0 Å². The monoisotopic (exact) mass is 289 g/mol. The Labute approximate surface area is 123 Å². The molecule has 0 atom stereocenters. The largest absolute Gasteiger partial charge is 0.345 e. The lowest BCUT2D eigenvalue weighted by Gasteiger charge is -2.23. The summed E-state index contributed by atoms with van der Waals surface area (Å²) in [4.78, 5) is 17.4. The van der Waals surface area contributed by atoms with Crippen molar-refractivity contribution >= 4 is 17.2 Å². The van der Waals surface area contributed by atoms with Gasteiger partial charge in [0.1, 0.15) is 9.88 Å². The van der Waals surface area contributed by atoms with Gasteiger partial charge < -0.3 is 11.1 Å². The van der Waals surface area contributed by atoms with Gasteiger partial charge >= 0.3 is 0 Å². The maximum atomic E-state index is 12.3. The Morgan fingerprint density at radius 2 is 2.00 bits per heavy atom. The predicted molar refractivity (Wildman–Crippen MR) is 82.9 cm³/mol. The fourth-order valence-electron chi connectivity index (χ4n) is 1.73. The summed E-state index contributed by atoms with van der Waals surface area (Å²) in [6, 6.07) is 9.86. The number of hydrogen-bond donors (Lipinski definition) is 2. The van der Waals surface area contributed by atoms with Crippen LogP contribution in [-0.2, 0) is 0 Å². The molecule has 1 heterocycles. The van der Waals surface area contributed by atoms with E-state index in [-0.39, 0.29) is 5.91 Å². The summed E-state index contributed by atoms with van der Waals surface area (Å²) in [6.07, 6.45) is 0. The number of carbonyl (C=O) groups excluding carboxylic acids is 1. The number of rotatable bonds is 4. The first-order chi connectivity index (χ1) is 9.43. The molecule has 5 heteroatoms. The average Bonchev–Trinajstić information content (AvgIpc) is 2.81. The summed E-state index contributed by atoms with van der Waals surface area (Å²) >= 11 is 1.41. The molecule has 0 aliphatic heterocycles. The summed E-state index contributed by atoms with van der Waals surface area (Å²) in [5.41, 5.74) is 7.00. The molecule has 0 saturated carbocycles. The van der Waals surface area contributed by atoms with Crippen LogP contribution in [0, 0.1) is 6.92 Å². The van der Waals surface area contributed by atoms with Crippen LogP contribution in [-0.4, -0.2) is 23.0 Å². The normalized spacial score (nSPS) is 11.4. The summed E-state index contributed by atoms with van der Waals surface area (Å²) in [5, 5.41) is 3.79. The maximum absolute atomic E-state index is 12.3. The van der Waals surface area contributed by atoms with Gasteiger partial charge in [-0.25, -0.2) is 4.98 Å². The van der Waals surface area contributed by atoms with Crippen molar-refractivity contribution in [3.05, 3.63) is 40.9 Å². The highest BCUT2D eigenvalue weighted by atomic mass is 32.1. The second-order valence-corrected chi connectivity index (χ2v) is 6.34. The first-order valence-corrected chi connectivity index (χ1v) is 7.30. The van der Waals surface area contributed by atoms with Gasteiger partial charge in [0.05, 0.1) is 5.69 Å². The zero-order valence-electron chi connectivity index (χ0n) is 11.9. The lowest BCUT2D eigenvalue weighted by atomic mass is 10.1. The van der Waals surface area contributed by atoms with E-state index >= 15 is 0 Å². The number of benzene rings is 1. The molecule has 0 unspecified atom stereocenters. The molecule has 0 saturated heterocycles. The van der Waals surface area contributed by atoms with E-state index in [9.17, 15) is 4.79 Å². The number of nitrogens with zero attached hydrogens (tertiary/aromatic N) is 1. The molecule has 1 aromatic heterocycles. The van der Waals surface area contributed by atoms with Crippen molar-refractivity contribution < 1.29 is 4.79 Å². The molecule has 2 rings (SSSR count). The molecule has 0 spiro atoms. The third kappa shape index (κ3) is 3.23. The first-order valence-electron chi connectivity index (χ1n) is 6.48. The van der Waals surface area contributed by atoms with Gasteiger partial charge in [-0.05, 0) is 20.8 Å². The van der Waals surface area contributed by atoms with Crippen LogP contribution >= 0.6 is 11.3 Å². The predicted octanol–water partition coefficient (Wildman–Crippen LogP) is 2.59. The molecular formula is C15H19N3OS. The minimum absolute atomic E-state index is 0.113. The first kappa shape index (κ1) is 14.7. The minimum atomic E-state index is -0.416. The summed E-state index contributed by atoms with van der Waals surface area (Å²) < 4.78 is 0. The SMILES string of the molecule is Cc1nc(-c2ccccc2)sc1C(=O)NC(C)(C)CN. The van der Waals surface area contributed by atoms with Crippen LogP contribution in [0.3, 0.4) is 0 Å². The van der Waals surface area contributed by atoms with Gasteiger partial charge in [0.25, 0.3) is 5.91 Å². The van der Waals surface area contributed by atoms with Crippen LogP contribution in [0.25, 0.3) is 10.6 Å². The molecule has 0 radical (unpaired) electrons. The third-order valence-electron chi connectivity index (χ3n) is 2.99. The quantitative estimate of drug-likeness (QED) is 0.909. The van der Waals surface area contributed by atoms with Gasteiger partial charge in [-0.2, -0.15) is 0 Å². The molecule has 0 aliphatic carbocycles. The number of thiazole rings is 1. The molecular weight excluding hydrogens is 270 g/mol. The molecule has 106 valence electrons. The molecule has 2 aromatic rings. The molecule has 0 aliphatic rings. The molecule has 3 N–H and O–H groups in total. The van der Waals surface area contributed by atoms with E-state index < -0.39 is 5.54 Å². The van der Waals surface area contributed by atoms with Gasteiger partial charge in [-0.1, -0.05) is 30.3 Å². The van der Waals surface area contributed by atoms with Crippen molar-refractivity contribution in [2.45, 2.75) is 26.3 Å². The Morgan fingerprint density at radius 1 is 1.35 bits per heavy atom. The Kier molecular flexibility index (Phi) is 4.20. The van der Waals surface area contributed by atoms with Crippen LogP contribution in [0.2, 0.25) is 0 Å². The van der Waals surface area contributed by atoms with Crippen LogP contribution < -0.4 is 11.1 Å². The maximum Gasteiger partial charge on any atom is 0.263 e. The van der Waals surface area contributed by atoms with Crippen molar-refractivity contribution in [2.75, 3.05) is 6.54 Å². The zero-order chi connectivity index (χ0) is 14.8. The van der Waals surface area contributed by atoms with Crippen molar-refractivity contribution in [1.82, 2.24) is 10.3 Å². The Hall–Kier alpha value is -1.72. The number of amides is 1. The minimum Gasteiger partial charge on any atom is -0.345 e. The number of aryl methyl sites for hydroxylation is 1. The Bertz CT molecular complexity index is 605. The van der Waals surface area contributed by atoms with Crippen LogP contribution in [0.4, 0.5) is 0 Å². The van der Waals surface area contributed by atoms with E-state index in [0.717, 1.165) is 16.3 Å². The molecule has 20 heavy (non-hydrogen) atoms. The fraction of sp³-hybridized carbons (Fsp3) is 0.333. The molecule has 4 nitrogen and oxygen atoms in total. The third-order valence-corrected chi connectivity index (χ3v) is 4.19. The molecule has 1 amide bonds.